The minimum absolute atomic E-state index is 0.0942. The number of nitrogens with zero attached hydrogens (tertiary/aromatic N) is 1. The van der Waals surface area contributed by atoms with Crippen molar-refractivity contribution in [3.8, 4) is 0 Å². The molecule has 1 aromatic heterocycles. The largest absolute Gasteiger partial charge is 0.478 e. The highest BCUT2D eigenvalue weighted by atomic mass is 16.5. The van der Waals surface area contributed by atoms with Crippen LogP contribution in [0.4, 0.5) is 5.69 Å². The molecule has 1 amide bonds. The summed E-state index contributed by atoms with van der Waals surface area (Å²) in [6, 6.07) is 5.88. The lowest BCUT2D eigenvalue weighted by molar-refractivity contribution is 0.0696. The fourth-order valence-corrected chi connectivity index (χ4v) is 1.45. The third-order valence-electron chi connectivity index (χ3n) is 2.38. The number of carboxylic acids is 1. The van der Waals surface area contributed by atoms with Gasteiger partial charge in [-0.05, 0) is 30.7 Å². The van der Waals surface area contributed by atoms with Gasteiger partial charge in [-0.15, -0.1) is 0 Å². The second-order valence-electron chi connectivity index (χ2n) is 3.67. The van der Waals surface area contributed by atoms with Gasteiger partial charge in [-0.1, -0.05) is 5.16 Å². The minimum atomic E-state index is -1.01. The van der Waals surface area contributed by atoms with Crippen molar-refractivity contribution in [3.63, 3.8) is 0 Å². The standard InChI is InChI=1S/C12H10N2O4/c1-7-6-8(12(16)17)2-3-9(7)14-11(15)10-4-5-13-18-10/h2-6H,1H3,(H,14,15)(H,16,17). The fraction of sp³-hybridized carbons (Fsp3) is 0.0833. The number of nitrogens with one attached hydrogen (secondary N) is 1. The highest BCUT2D eigenvalue weighted by molar-refractivity contribution is 6.02. The van der Waals surface area contributed by atoms with Gasteiger partial charge in [-0.3, -0.25) is 4.79 Å². The van der Waals surface area contributed by atoms with Crippen LogP contribution in [0.3, 0.4) is 0 Å². The normalized spacial score (nSPS) is 10.1. The maximum absolute atomic E-state index is 11.7. The van der Waals surface area contributed by atoms with Crippen LogP contribution >= 0.6 is 0 Å². The molecule has 2 N–H and O–H groups in total. The van der Waals surface area contributed by atoms with E-state index >= 15 is 0 Å². The average Bonchev–Trinajstić information content (AvgIpc) is 2.85. The van der Waals surface area contributed by atoms with E-state index in [1.54, 1.807) is 6.92 Å². The maximum Gasteiger partial charge on any atom is 0.335 e. The van der Waals surface area contributed by atoms with Gasteiger partial charge >= 0.3 is 5.97 Å². The lowest BCUT2D eigenvalue weighted by atomic mass is 10.1. The van der Waals surface area contributed by atoms with Crippen LogP contribution in [0, 0.1) is 6.92 Å². The van der Waals surface area contributed by atoms with Gasteiger partial charge < -0.3 is 14.9 Å². The Kier molecular flexibility index (Phi) is 3.09. The van der Waals surface area contributed by atoms with Crippen LogP contribution in [0.15, 0.2) is 35.0 Å². The summed E-state index contributed by atoms with van der Waals surface area (Å²) < 4.78 is 4.71. The SMILES string of the molecule is Cc1cc(C(=O)O)ccc1NC(=O)c1ccno1. The van der Waals surface area contributed by atoms with Crippen molar-refractivity contribution in [3.05, 3.63) is 47.3 Å². The molecule has 18 heavy (non-hydrogen) atoms. The molecule has 0 radical (unpaired) electrons. The van der Waals surface area contributed by atoms with Crippen molar-refractivity contribution >= 4 is 17.6 Å². The number of amides is 1. The molecule has 0 fully saturated rings. The van der Waals surface area contributed by atoms with E-state index in [9.17, 15) is 9.59 Å². The molecule has 0 aliphatic heterocycles. The number of aromatic nitrogens is 1. The van der Waals surface area contributed by atoms with Crippen molar-refractivity contribution in [2.45, 2.75) is 6.92 Å². The summed E-state index contributed by atoms with van der Waals surface area (Å²) in [5, 5.41) is 14.9. The number of carboxylic acid groups (broad SMARTS) is 1. The molecule has 6 nitrogen and oxygen atoms in total. The zero-order valence-corrected chi connectivity index (χ0v) is 9.51. The molecule has 2 aromatic rings. The molecular formula is C12H10N2O4. The second-order valence-corrected chi connectivity index (χ2v) is 3.67. The first-order chi connectivity index (χ1) is 8.58. The van der Waals surface area contributed by atoms with E-state index < -0.39 is 11.9 Å². The van der Waals surface area contributed by atoms with Gasteiger partial charge in [0, 0.05) is 11.8 Å². The molecule has 6 heteroatoms. The smallest absolute Gasteiger partial charge is 0.335 e. The monoisotopic (exact) mass is 246 g/mol. The molecular weight excluding hydrogens is 236 g/mol. The molecule has 0 spiro atoms. The maximum atomic E-state index is 11.7. The number of carbonyl (C=O) groups excluding carboxylic acids is 1. The van der Waals surface area contributed by atoms with Crippen molar-refractivity contribution in [2.75, 3.05) is 5.32 Å². The predicted octanol–water partition coefficient (Wildman–Crippen LogP) is 1.93. The molecule has 0 saturated heterocycles. The fourth-order valence-electron chi connectivity index (χ4n) is 1.45. The van der Waals surface area contributed by atoms with Crippen molar-refractivity contribution in [2.24, 2.45) is 0 Å². The van der Waals surface area contributed by atoms with E-state index in [0.717, 1.165) is 0 Å². The Labute approximate surface area is 102 Å². The number of rotatable bonds is 3. The highest BCUT2D eigenvalue weighted by Gasteiger charge is 2.12. The predicted molar refractivity (Wildman–Crippen MR) is 62.6 cm³/mol. The zero-order chi connectivity index (χ0) is 13.1. The number of carbonyl (C=O) groups is 2. The summed E-state index contributed by atoms with van der Waals surface area (Å²) in [6.45, 7) is 1.71. The van der Waals surface area contributed by atoms with Crippen molar-refractivity contribution in [1.29, 1.82) is 0 Å². The van der Waals surface area contributed by atoms with Crippen LogP contribution in [-0.2, 0) is 0 Å². The average molecular weight is 246 g/mol. The Hall–Kier alpha value is -2.63. The lowest BCUT2D eigenvalue weighted by Gasteiger charge is -2.07. The third kappa shape index (κ3) is 2.37. The van der Waals surface area contributed by atoms with E-state index in [2.05, 4.69) is 10.5 Å². The first-order valence-corrected chi connectivity index (χ1v) is 5.14. The van der Waals surface area contributed by atoms with Gasteiger partial charge in [0.15, 0.2) is 0 Å². The Morgan fingerprint density at radius 1 is 1.33 bits per heavy atom. The Balaban J connectivity index is 2.20. The van der Waals surface area contributed by atoms with Crippen LogP contribution in [0.5, 0.6) is 0 Å². The number of anilines is 1. The molecule has 1 aromatic carbocycles. The molecule has 1 heterocycles. The lowest BCUT2D eigenvalue weighted by Crippen LogP contribution is -2.12. The molecule has 92 valence electrons. The van der Waals surface area contributed by atoms with Crippen LogP contribution < -0.4 is 5.32 Å². The summed E-state index contributed by atoms with van der Waals surface area (Å²) >= 11 is 0. The summed E-state index contributed by atoms with van der Waals surface area (Å²) in [4.78, 5) is 22.4. The molecule has 0 saturated carbocycles. The van der Waals surface area contributed by atoms with E-state index in [-0.39, 0.29) is 11.3 Å². The molecule has 0 aliphatic rings. The van der Waals surface area contributed by atoms with Crippen LogP contribution in [0.2, 0.25) is 0 Å². The van der Waals surface area contributed by atoms with Crippen LogP contribution in [0.25, 0.3) is 0 Å². The van der Waals surface area contributed by atoms with Gasteiger partial charge in [0.25, 0.3) is 5.91 Å². The number of benzene rings is 1. The summed E-state index contributed by atoms with van der Waals surface area (Å²) in [7, 11) is 0. The van der Waals surface area contributed by atoms with Gasteiger partial charge in [0.1, 0.15) is 0 Å². The van der Waals surface area contributed by atoms with Crippen molar-refractivity contribution < 1.29 is 19.2 Å². The molecule has 0 atom stereocenters. The Bertz CT molecular complexity index is 590. The van der Waals surface area contributed by atoms with Gasteiger partial charge in [-0.2, -0.15) is 0 Å². The first kappa shape index (κ1) is 11.8. The highest BCUT2D eigenvalue weighted by Crippen LogP contribution is 2.17. The Morgan fingerprint density at radius 3 is 2.67 bits per heavy atom. The third-order valence-corrected chi connectivity index (χ3v) is 2.38. The molecule has 0 aliphatic carbocycles. The number of hydrogen-bond acceptors (Lipinski definition) is 4. The number of aryl methyl sites for hydroxylation is 1. The van der Waals surface area contributed by atoms with E-state index in [0.29, 0.717) is 11.3 Å². The van der Waals surface area contributed by atoms with E-state index in [1.165, 1.54) is 30.5 Å². The molecule has 2 rings (SSSR count). The number of hydrogen-bond donors (Lipinski definition) is 2. The van der Waals surface area contributed by atoms with Crippen LogP contribution in [0.1, 0.15) is 26.5 Å². The Morgan fingerprint density at radius 2 is 2.11 bits per heavy atom. The first-order valence-electron chi connectivity index (χ1n) is 5.14. The summed E-state index contributed by atoms with van der Waals surface area (Å²) in [6.07, 6.45) is 1.37. The van der Waals surface area contributed by atoms with E-state index in [1.807, 2.05) is 0 Å². The van der Waals surface area contributed by atoms with Gasteiger partial charge in [-0.25, -0.2) is 4.79 Å². The van der Waals surface area contributed by atoms with Crippen LogP contribution in [-0.4, -0.2) is 22.1 Å². The second kappa shape index (κ2) is 4.70. The molecule has 0 unspecified atom stereocenters. The topological polar surface area (TPSA) is 92.4 Å². The van der Waals surface area contributed by atoms with E-state index in [4.69, 9.17) is 9.63 Å². The summed E-state index contributed by atoms with van der Waals surface area (Å²) in [5.74, 6) is -1.35. The number of aromatic carboxylic acids is 1. The molecule has 0 bridgehead atoms. The quantitative estimate of drug-likeness (QED) is 0.863. The van der Waals surface area contributed by atoms with Gasteiger partial charge in [0.2, 0.25) is 5.76 Å². The minimum Gasteiger partial charge on any atom is -0.478 e. The zero-order valence-electron chi connectivity index (χ0n) is 9.51. The van der Waals surface area contributed by atoms with Crippen molar-refractivity contribution in [1.82, 2.24) is 5.16 Å². The van der Waals surface area contributed by atoms with Gasteiger partial charge in [0.05, 0.1) is 11.8 Å². The summed E-state index contributed by atoms with van der Waals surface area (Å²) in [5.41, 5.74) is 1.36.